The fourth-order valence-electron chi connectivity index (χ4n) is 1.94. The average molecular weight is 330 g/mol. The summed E-state index contributed by atoms with van der Waals surface area (Å²) in [6, 6.07) is 11.1. The van der Waals surface area contributed by atoms with E-state index >= 15 is 0 Å². The van der Waals surface area contributed by atoms with Crippen molar-refractivity contribution in [2.75, 3.05) is 5.32 Å². The van der Waals surface area contributed by atoms with Crippen LogP contribution in [0, 0.1) is 12.3 Å². The first-order valence-corrected chi connectivity index (χ1v) is 8.33. The van der Waals surface area contributed by atoms with Gasteiger partial charge in [0, 0.05) is 15.2 Å². The molecule has 0 fully saturated rings. The lowest BCUT2D eigenvalue weighted by molar-refractivity contribution is -0.123. The summed E-state index contributed by atoms with van der Waals surface area (Å²) in [4.78, 5) is 26.9. The predicted molar refractivity (Wildman–Crippen MR) is 94.8 cm³/mol. The molecule has 2 aromatic rings. The molecule has 0 spiro atoms. The van der Waals surface area contributed by atoms with E-state index in [-0.39, 0.29) is 11.8 Å². The Balaban J connectivity index is 2.09. The molecular weight excluding hydrogens is 308 g/mol. The molecule has 0 aliphatic heterocycles. The molecule has 5 heteroatoms. The highest BCUT2D eigenvalue weighted by Gasteiger charge is 2.23. The van der Waals surface area contributed by atoms with Gasteiger partial charge in [-0.15, -0.1) is 11.3 Å². The van der Waals surface area contributed by atoms with Crippen molar-refractivity contribution in [3.8, 4) is 0 Å². The van der Waals surface area contributed by atoms with Gasteiger partial charge in [-0.25, -0.2) is 0 Å². The average Bonchev–Trinajstić information content (AvgIpc) is 2.90. The van der Waals surface area contributed by atoms with E-state index in [9.17, 15) is 9.59 Å². The van der Waals surface area contributed by atoms with Gasteiger partial charge in [0.25, 0.3) is 5.91 Å². The van der Waals surface area contributed by atoms with Gasteiger partial charge in [0.2, 0.25) is 5.91 Å². The van der Waals surface area contributed by atoms with Crippen LogP contribution in [0.25, 0.3) is 0 Å². The lowest BCUT2D eigenvalue weighted by Gasteiger charge is -2.19. The molecule has 4 nitrogen and oxygen atoms in total. The minimum atomic E-state index is -0.516. The molecule has 1 aromatic carbocycles. The fourth-order valence-corrected chi connectivity index (χ4v) is 2.77. The van der Waals surface area contributed by atoms with Crippen LogP contribution in [0.2, 0.25) is 0 Å². The summed E-state index contributed by atoms with van der Waals surface area (Å²) in [6.45, 7) is 8.03. The molecule has 0 unspecified atom stereocenters. The Morgan fingerprint density at radius 2 is 1.78 bits per heavy atom. The van der Waals surface area contributed by atoms with Gasteiger partial charge in [0.05, 0.1) is 17.8 Å². The summed E-state index contributed by atoms with van der Waals surface area (Å²) in [5, 5.41) is 5.74. The molecule has 23 heavy (non-hydrogen) atoms. The van der Waals surface area contributed by atoms with Crippen LogP contribution >= 0.6 is 11.3 Å². The smallest absolute Gasteiger partial charge is 0.253 e. The van der Waals surface area contributed by atoms with Crippen LogP contribution in [0.15, 0.2) is 36.4 Å². The van der Waals surface area contributed by atoms with Crippen LogP contribution in [-0.4, -0.2) is 11.8 Å². The zero-order chi connectivity index (χ0) is 17.0. The fraction of sp³-hybridized carbons (Fsp3) is 0.333. The Morgan fingerprint density at radius 3 is 2.39 bits per heavy atom. The quantitative estimate of drug-likeness (QED) is 0.891. The third kappa shape index (κ3) is 4.66. The molecule has 2 N–H and O–H groups in total. The molecule has 0 radical (unpaired) electrons. The SMILES string of the molecule is Cc1ccc(CNC(=O)c2ccccc2NC(=O)C(C)(C)C)s1. The van der Waals surface area contributed by atoms with E-state index in [4.69, 9.17) is 0 Å². The van der Waals surface area contributed by atoms with E-state index < -0.39 is 5.41 Å². The summed E-state index contributed by atoms with van der Waals surface area (Å²) in [6.07, 6.45) is 0. The topological polar surface area (TPSA) is 58.2 Å². The Hall–Kier alpha value is -2.14. The van der Waals surface area contributed by atoms with Gasteiger partial charge in [0.1, 0.15) is 0 Å². The van der Waals surface area contributed by atoms with Gasteiger partial charge in [-0.3, -0.25) is 9.59 Å². The Kier molecular flexibility index (Phi) is 5.21. The van der Waals surface area contributed by atoms with Crippen molar-refractivity contribution >= 4 is 28.8 Å². The van der Waals surface area contributed by atoms with Crippen LogP contribution in [0.5, 0.6) is 0 Å². The predicted octanol–water partition coefficient (Wildman–Crippen LogP) is 3.97. The maximum atomic E-state index is 12.4. The van der Waals surface area contributed by atoms with Crippen LogP contribution in [0.3, 0.4) is 0 Å². The second-order valence-corrected chi connectivity index (χ2v) is 7.82. The van der Waals surface area contributed by atoms with E-state index in [0.29, 0.717) is 17.8 Å². The number of aryl methyl sites for hydroxylation is 1. The summed E-state index contributed by atoms with van der Waals surface area (Å²) < 4.78 is 0. The first kappa shape index (κ1) is 17.2. The van der Waals surface area contributed by atoms with Gasteiger partial charge in [-0.2, -0.15) is 0 Å². The molecule has 0 saturated heterocycles. The van der Waals surface area contributed by atoms with Gasteiger partial charge >= 0.3 is 0 Å². The van der Waals surface area contributed by atoms with Gasteiger partial charge in [-0.05, 0) is 31.2 Å². The summed E-state index contributed by atoms with van der Waals surface area (Å²) in [5.41, 5.74) is 0.489. The van der Waals surface area contributed by atoms with E-state index in [0.717, 1.165) is 4.88 Å². The number of nitrogens with one attached hydrogen (secondary N) is 2. The van der Waals surface area contributed by atoms with E-state index in [1.807, 2.05) is 39.8 Å². The van der Waals surface area contributed by atoms with Crippen LogP contribution in [0.1, 0.15) is 40.9 Å². The molecule has 122 valence electrons. The van der Waals surface area contributed by atoms with Crippen molar-refractivity contribution in [1.82, 2.24) is 5.32 Å². The largest absolute Gasteiger partial charge is 0.347 e. The van der Waals surface area contributed by atoms with Gasteiger partial charge in [0.15, 0.2) is 0 Å². The number of hydrogen-bond acceptors (Lipinski definition) is 3. The number of amides is 2. The van der Waals surface area contributed by atoms with Crippen molar-refractivity contribution in [2.24, 2.45) is 5.41 Å². The number of benzene rings is 1. The minimum Gasteiger partial charge on any atom is -0.347 e. The number of rotatable bonds is 4. The van der Waals surface area contributed by atoms with Crippen molar-refractivity contribution in [3.05, 3.63) is 51.7 Å². The second kappa shape index (κ2) is 6.96. The molecule has 0 saturated carbocycles. The lowest BCUT2D eigenvalue weighted by Crippen LogP contribution is -2.30. The summed E-state index contributed by atoms with van der Waals surface area (Å²) >= 11 is 1.66. The molecule has 2 rings (SSSR count). The van der Waals surface area contributed by atoms with Crippen molar-refractivity contribution in [2.45, 2.75) is 34.2 Å². The third-order valence-corrected chi connectivity index (χ3v) is 4.32. The number of carbonyl (C=O) groups excluding carboxylic acids is 2. The molecule has 2 amide bonds. The van der Waals surface area contributed by atoms with E-state index in [2.05, 4.69) is 10.6 Å². The molecule has 1 heterocycles. The standard InChI is InChI=1S/C18H22N2O2S/c1-12-9-10-13(23-12)11-19-16(21)14-7-5-6-8-15(14)20-17(22)18(2,3)4/h5-10H,11H2,1-4H3,(H,19,21)(H,20,22). The van der Waals surface area contributed by atoms with Crippen molar-refractivity contribution < 1.29 is 9.59 Å². The highest BCUT2D eigenvalue weighted by Crippen LogP contribution is 2.21. The molecule has 0 aliphatic carbocycles. The zero-order valence-electron chi connectivity index (χ0n) is 13.9. The lowest BCUT2D eigenvalue weighted by atomic mass is 9.95. The first-order valence-electron chi connectivity index (χ1n) is 7.51. The van der Waals surface area contributed by atoms with E-state index in [1.54, 1.807) is 35.6 Å². The van der Waals surface area contributed by atoms with Gasteiger partial charge in [-0.1, -0.05) is 32.9 Å². The van der Waals surface area contributed by atoms with E-state index in [1.165, 1.54) is 4.88 Å². The molecule has 0 atom stereocenters. The number of thiophene rings is 1. The number of hydrogen-bond donors (Lipinski definition) is 2. The maximum Gasteiger partial charge on any atom is 0.253 e. The molecule has 0 bridgehead atoms. The monoisotopic (exact) mass is 330 g/mol. The third-order valence-electron chi connectivity index (χ3n) is 3.32. The zero-order valence-corrected chi connectivity index (χ0v) is 14.7. The number of carbonyl (C=O) groups is 2. The van der Waals surface area contributed by atoms with Crippen molar-refractivity contribution in [3.63, 3.8) is 0 Å². The minimum absolute atomic E-state index is 0.119. The highest BCUT2D eigenvalue weighted by molar-refractivity contribution is 7.11. The second-order valence-electron chi connectivity index (χ2n) is 6.44. The van der Waals surface area contributed by atoms with Gasteiger partial charge < -0.3 is 10.6 Å². The molecular formula is C18H22N2O2S. The number of anilines is 1. The first-order chi connectivity index (χ1) is 10.8. The highest BCUT2D eigenvalue weighted by atomic mass is 32.1. The van der Waals surface area contributed by atoms with Crippen LogP contribution in [0.4, 0.5) is 5.69 Å². The van der Waals surface area contributed by atoms with Crippen molar-refractivity contribution in [1.29, 1.82) is 0 Å². The Bertz CT molecular complexity index is 714. The maximum absolute atomic E-state index is 12.4. The summed E-state index contributed by atoms with van der Waals surface area (Å²) in [5.74, 6) is -0.313. The Labute approximate surface area is 140 Å². The molecule has 1 aromatic heterocycles. The van der Waals surface area contributed by atoms with Crippen LogP contribution < -0.4 is 10.6 Å². The Morgan fingerprint density at radius 1 is 1.09 bits per heavy atom. The van der Waals surface area contributed by atoms with Crippen LogP contribution in [-0.2, 0) is 11.3 Å². The summed E-state index contributed by atoms with van der Waals surface area (Å²) in [7, 11) is 0. The molecule has 0 aliphatic rings. The normalized spacial score (nSPS) is 11.1. The number of para-hydroxylation sites is 1.